The van der Waals surface area contributed by atoms with Crippen LogP contribution in [0.5, 0.6) is 11.5 Å². The monoisotopic (exact) mass is 374 g/mol. The van der Waals surface area contributed by atoms with Gasteiger partial charge in [-0.1, -0.05) is 11.3 Å². The first-order chi connectivity index (χ1) is 12.5. The number of nitrogens with zero attached hydrogens (tertiary/aromatic N) is 4. The lowest BCUT2D eigenvalue weighted by molar-refractivity contribution is 0.0986. The van der Waals surface area contributed by atoms with Gasteiger partial charge in [0.25, 0.3) is 5.91 Å². The third-order valence-corrected chi connectivity index (χ3v) is 5.12. The van der Waals surface area contributed by atoms with Crippen molar-refractivity contribution in [2.75, 3.05) is 14.2 Å². The number of carbonyl (C=O) groups excluding carboxylic acids is 1. The second-order valence-electron chi connectivity index (χ2n) is 5.98. The first-order valence-corrected chi connectivity index (χ1v) is 9.19. The maximum absolute atomic E-state index is 12.7. The first-order valence-electron chi connectivity index (χ1n) is 8.38. The SMILES string of the molecule is CCn1c(=NC(=O)c2ccnn2C(C)C)sc2cc(OC)c(OC)cc21. The van der Waals surface area contributed by atoms with Crippen LogP contribution in [0.3, 0.4) is 0 Å². The molecule has 3 rings (SSSR count). The minimum absolute atomic E-state index is 0.0911. The summed E-state index contributed by atoms with van der Waals surface area (Å²) >= 11 is 1.45. The third kappa shape index (κ3) is 3.12. The van der Waals surface area contributed by atoms with Gasteiger partial charge in [-0.25, -0.2) is 0 Å². The average molecular weight is 374 g/mol. The zero-order chi connectivity index (χ0) is 18.8. The molecule has 8 heteroatoms. The minimum Gasteiger partial charge on any atom is -0.493 e. The van der Waals surface area contributed by atoms with Crippen LogP contribution in [0.25, 0.3) is 10.2 Å². The molecule has 0 bridgehead atoms. The van der Waals surface area contributed by atoms with Gasteiger partial charge >= 0.3 is 0 Å². The van der Waals surface area contributed by atoms with E-state index in [-0.39, 0.29) is 11.9 Å². The Labute approximate surface area is 155 Å². The highest BCUT2D eigenvalue weighted by atomic mass is 32.1. The van der Waals surface area contributed by atoms with Crippen LogP contribution >= 0.6 is 11.3 Å². The van der Waals surface area contributed by atoms with Crippen molar-refractivity contribution < 1.29 is 14.3 Å². The van der Waals surface area contributed by atoms with E-state index in [0.717, 1.165) is 10.2 Å². The van der Waals surface area contributed by atoms with Crippen molar-refractivity contribution in [3.05, 3.63) is 34.9 Å². The summed E-state index contributed by atoms with van der Waals surface area (Å²) in [5.41, 5.74) is 1.44. The Bertz CT molecular complexity index is 1010. The van der Waals surface area contributed by atoms with Crippen LogP contribution < -0.4 is 14.3 Å². The van der Waals surface area contributed by atoms with Gasteiger partial charge in [-0.2, -0.15) is 10.1 Å². The van der Waals surface area contributed by atoms with Crippen molar-refractivity contribution in [3.63, 3.8) is 0 Å². The second-order valence-corrected chi connectivity index (χ2v) is 6.98. The van der Waals surface area contributed by atoms with Gasteiger partial charge in [0.2, 0.25) is 0 Å². The number of hydrogen-bond acceptors (Lipinski definition) is 5. The Balaban J connectivity index is 2.16. The number of benzene rings is 1. The molecule has 7 nitrogen and oxygen atoms in total. The van der Waals surface area contributed by atoms with Crippen LogP contribution in [0.2, 0.25) is 0 Å². The van der Waals surface area contributed by atoms with E-state index >= 15 is 0 Å². The van der Waals surface area contributed by atoms with Gasteiger partial charge < -0.3 is 14.0 Å². The van der Waals surface area contributed by atoms with Crippen molar-refractivity contribution >= 4 is 27.5 Å². The van der Waals surface area contributed by atoms with E-state index in [1.54, 1.807) is 31.2 Å². The topological polar surface area (TPSA) is 70.6 Å². The van der Waals surface area contributed by atoms with Crippen LogP contribution in [-0.2, 0) is 6.54 Å². The fourth-order valence-electron chi connectivity index (χ4n) is 2.83. The quantitative estimate of drug-likeness (QED) is 0.687. The fourth-order valence-corrected chi connectivity index (χ4v) is 3.93. The molecule has 2 heterocycles. The number of carbonyl (C=O) groups is 1. The number of rotatable bonds is 5. The average Bonchev–Trinajstić information content (AvgIpc) is 3.24. The molecule has 2 aromatic heterocycles. The summed E-state index contributed by atoms with van der Waals surface area (Å²) < 4.78 is 15.4. The van der Waals surface area contributed by atoms with E-state index in [0.29, 0.717) is 28.5 Å². The highest BCUT2D eigenvalue weighted by Gasteiger charge is 2.16. The summed E-state index contributed by atoms with van der Waals surface area (Å²) in [6, 6.07) is 5.61. The Hall–Kier alpha value is -2.61. The molecule has 0 saturated heterocycles. The number of hydrogen-bond donors (Lipinski definition) is 0. The molecule has 1 aromatic carbocycles. The molecule has 0 radical (unpaired) electrons. The maximum atomic E-state index is 12.7. The summed E-state index contributed by atoms with van der Waals surface area (Å²) in [7, 11) is 3.21. The normalized spacial score (nSPS) is 12.2. The molecule has 3 aromatic rings. The van der Waals surface area contributed by atoms with E-state index in [9.17, 15) is 4.79 Å². The molecular weight excluding hydrogens is 352 g/mol. The van der Waals surface area contributed by atoms with Crippen LogP contribution in [-0.4, -0.2) is 34.5 Å². The highest BCUT2D eigenvalue weighted by molar-refractivity contribution is 7.16. The Morgan fingerprint density at radius 1 is 1.27 bits per heavy atom. The van der Waals surface area contributed by atoms with Crippen molar-refractivity contribution in [3.8, 4) is 11.5 Å². The number of methoxy groups -OCH3 is 2. The fraction of sp³-hybridized carbons (Fsp3) is 0.389. The van der Waals surface area contributed by atoms with Crippen LogP contribution in [0.15, 0.2) is 29.4 Å². The smallest absolute Gasteiger partial charge is 0.297 e. The number of thiazole rings is 1. The number of aromatic nitrogens is 3. The summed E-state index contributed by atoms with van der Waals surface area (Å²) in [6.07, 6.45) is 1.62. The Morgan fingerprint density at radius 3 is 2.58 bits per heavy atom. The number of amides is 1. The molecule has 0 aliphatic heterocycles. The lowest BCUT2D eigenvalue weighted by atomic mass is 10.3. The summed E-state index contributed by atoms with van der Waals surface area (Å²) in [5, 5.41) is 4.21. The predicted molar refractivity (Wildman–Crippen MR) is 101 cm³/mol. The third-order valence-electron chi connectivity index (χ3n) is 4.08. The molecule has 138 valence electrons. The molecule has 1 amide bonds. The maximum Gasteiger partial charge on any atom is 0.297 e. The predicted octanol–water partition coefficient (Wildman–Crippen LogP) is 3.26. The standard InChI is InChI=1S/C18H22N4O3S/c1-6-21-13-9-14(24-4)15(25-5)10-16(13)26-18(21)20-17(23)12-7-8-19-22(12)11(2)3/h7-11H,6H2,1-5H3. The van der Waals surface area contributed by atoms with Gasteiger partial charge in [-0.3, -0.25) is 9.48 Å². The molecule has 0 atom stereocenters. The molecule has 0 aliphatic carbocycles. The van der Waals surface area contributed by atoms with Gasteiger partial charge in [0.15, 0.2) is 16.3 Å². The van der Waals surface area contributed by atoms with Crippen molar-refractivity contribution in [2.45, 2.75) is 33.4 Å². The first kappa shape index (κ1) is 18.2. The van der Waals surface area contributed by atoms with E-state index in [4.69, 9.17) is 9.47 Å². The molecule has 0 aliphatic rings. The van der Waals surface area contributed by atoms with E-state index in [1.165, 1.54) is 11.3 Å². The molecule has 0 saturated carbocycles. The van der Waals surface area contributed by atoms with Gasteiger partial charge in [-0.05, 0) is 26.8 Å². The summed E-state index contributed by atoms with van der Waals surface area (Å²) in [5.74, 6) is 1.000. The van der Waals surface area contributed by atoms with Crippen LogP contribution in [0, 0.1) is 0 Å². The van der Waals surface area contributed by atoms with Gasteiger partial charge in [0.05, 0.1) is 24.4 Å². The van der Waals surface area contributed by atoms with Gasteiger partial charge in [-0.15, -0.1) is 0 Å². The molecule has 26 heavy (non-hydrogen) atoms. The van der Waals surface area contributed by atoms with Crippen molar-refractivity contribution in [1.29, 1.82) is 0 Å². The summed E-state index contributed by atoms with van der Waals surface area (Å²) in [6.45, 7) is 6.66. The van der Waals surface area contributed by atoms with Crippen LogP contribution in [0.1, 0.15) is 37.3 Å². The number of ether oxygens (including phenoxy) is 2. The van der Waals surface area contributed by atoms with Crippen molar-refractivity contribution in [2.24, 2.45) is 4.99 Å². The van der Waals surface area contributed by atoms with Crippen LogP contribution in [0.4, 0.5) is 0 Å². The summed E-state index contributed by atoms with van der Waals surface area (Å²) in [4.78, 5) is 17.7. The minimum atomic E-state index is -0.302. The molecular formula is C18H22N4O3S. The van der Waals surface area contributed by atoms with Gasteiger partial charge in [0, 0.05) is 30.9 Å². The largest absolute Gasteiger partial charge is 0.493 e. The van der Waals surface area contributed by atoms with E-state index in [2.05, 4.69) is 10.1 Å². The zero-order valence-electron chi connectivity index (χ0n) is 15.5. The highest BCUT2D eigenvalue weighted by Crippen LogP contribution is 2.33. The van der Waals surface area contributed by atoms with E-state index in [1.807, 2.05) is 37.5 Å². The zero-order valence-corrected chi connectivity index (χ0v) is 16.3. The molecule has 0 fully saturated rings. The molecule has 0 N–H and O–H groups in total. The molecule has 0 unspecified atom stereocenters. The lowest BCUT2D eigenvalue weighted by Crippen LogP contribution is -2.18. The Morgan fingerprint density at radius 2 is 1.96 bits per heavy atom. The van der Waals surface area contributed by atoms with Crippen molar-refractivity contribution in [1.82, 2.24) is 14.3 Å². The van der Waals surface area contributed by atoms with Gasteiger partial charge in [0.1, 0.15) is 5.69 Å². The lowest BCUT2D eigenvalue weighted by Gasteiger charge is -2.08. The Kier molecular flexibility index (Phi) is 5.13. The van der Waals surface area contributed by atoms with E-state index < -0.39 is 0 Å². The number of aryl methyl sites for hydroxylation is 1. The molecule has 0 spiro atoms. The second kappa shape index (κ2) is 7.33. The number of fused-ring (bicyclic) bond motifs is 1.